The monoisotopic (exact) mass is 237 g/mol. The normalized spacial score (nSPS) is 23.6. The van der Waals surface area contributed by atoms with Gasteiger partial charge in [0, 0.05) is 18.8 Å². The average Bonchev–Trinajstić information content (AvgIpc) is 2.53. The molecule has 0 radical (unpaired) electrons. The lowest BCUT2D eigenvalue weighted by molar-refractivity contribution is -0.128. The van der Waals surface area contributed by atoms with E-state index in [2.05, 4.69) is 15.9 Å². The Morgan fingerprint density at radius 3 is 3.00 bits per heavy atom. The number of hydrogen-bond donors (Lipinski definition) is 0. The fourth-order valence-electron chi connectivity index (χ4n) is 1.13. The summed E-state index contributed by atoms with van der Waals surface area (Å²) in [4.78, 5) is 13.0. The lowest BCUT2D eigenvalue weighted by atomic mass is 10.2. The van der Waals surface area contributed by atoms with Crippen molar-refractivity contribution in [2.24, 2.45) is 0 Å². The highest BCUT2D eigenvalue weighted by atomic mass is 79.9. The molecule has 1 atom stereocenters. The van der Waals surface area contributed by atoms with Gasteiger partial charge in [-0.1, -0.05) is 15.9 Å². The first kappa shape index (κ1) is 9.39. The summed E-state index contributed by atoms with van der Waals surface area (Å²) in [7, 11) is 1.89. The van der Waals surface area contributed by atoms with Crippen LogP contribution in [-0.4, -0.2) is 40.7 Å². The molecule has 0 spiro atoms. The van der Waals surface area contributed by atoms with Crippen LogP contribution >= 0.6 is 27.7 Å². The van der Waals surface area contributed by atoms with Crippen molar-refractivity contribution in [2.45, 2.75) is 12.5 Å². The van der Waals surface area contributed by atoms with Gasteiger partial charge in [0.05, 0.1) is 5.33 Å². The Morgan fingerprint density at radius 1 is 1.82 bits per heavy atom. The second-order valence-corrected chi connectivity index (χ2v) is 4.37. The lowest BCUT2D eigenvalue weighted by Crippen LogP contribution is -2.37. The zero-order valence-electron chi connectivity index (χ0n) is 6.55. The zero-order valence-corrected chi connectivity index (χ0v) is 8.95. The van der Waals surface area contributed by atoms with E-state index in [1.807, 2.05) is 23.7 Å². The number of nitrogens with zero attached hydrogens (tertiary/aromatic N) is 1. The van der Waals surface area contributed by atoms with Crippen LogP contribution in [-0.2, 0) is 4.79 Å². The van der Waals surface area contributed by atoms with Crippen LogP contribution in [0.3, 0.4) is 0 Å². The summed E-state index contributed by atoms with van der Waals surface area (Å²) in [5, 5.41) is 0.449. The summed E-state index contributed by atoms with van der Waals surface area (Å²) in [6.07, 6.45) is 1.15. The van der Waals surface area contributed by atoms with Crippen LogP contribution in [0.1, 0.15) is 6.42 Å². The summed E-state index contributed by atoms with van der Waals surface area (Å²) < 4.78 is 0. The van der Waals surface area contributed by atoms with Crippen molar-refractivity contribution in [3.63, 3.8) is 0 Å². The number of carbonyl (C=O) groups excluding carboxylic acids is 1. The molecule has 1 aliphatic rings. The smallest absolute Gasteiger partial charge is 0.233 e. The molecule has 4 heteroatoms. The van der Waals surface area contributed by atoms with Crippen molar-refractivity contribution in [1.82, 2.24) is 4.90 Å². The number of thioether (sulfide) groups is 1. The molecular formula is C7H12BrNOS. The molecule has 0 saturated carbocycles. The predicted molar refractivity (Wildman–Crippen MR) is 52.3 cm³/mol. The molecule has 0 aromatic carbocycles. The van der Waals surface area contributed by atoms with E-state index in [1.54, 1.807) is 0 Å². The third-order valence-corrected chi connectivity index (χ3v) is 3.59. The SMILES string of the molecule is CN(C(=O)CBr)C1CCSC1. The molecule has 64 valence electrons. The molecular weight excluding hydrogens is 226 g/mol. The lowest BCUT2D eigenvalue weighted by Gasteiger charge is -2.22. The standard InChI is InChI=1S/C7H12BrNOS/c1-9(7(10)4-8)6-2-3-11-5-6/h6H,2-5H2,1H3. The first-order valence-corrected chi connectivity index (χ1v) is 5.92. The van der Waals surface area contributed by atoms with Crippen molar-refractivity contribution in [3.8, 4) is 0 Å². The van der Waals surface area contributed by atoms with E-state index in [0.29, 0.717) is 11.4 Å². The van der Waals surface area contributed by atoms with Crippen LogP contribution < -0.4 is 0 Å². The van der Waals surface area contributed by atoms with Crippen molar-refractivity contribution in [2.75, 3.05) is 23.9 Å². The van der Waals surface area contributed by atoms with E-state index >= 15 is 0 Å². The van der Waals surface area contributed by atoms with Crippen LogP contribution in [0.25, 0.3) is 0 Å². The molecule has 1 heterocycles. The average molecular weight is 238 g/mol. The first-order chi connectivity index (χ1) is 5.25. The molecule has 11 heavy (non-hydrogen) atoms. The van der Waals surface area contributed by atoms with Gasteiger partial charge in [-0.2, -0.15) is 11.8 Å². The molecule has 0 aromatic rings. The molecule has 1 saturated heterocycles. The van der Waals surface area contributed by atoms with E-state index in [1.165, 1.54) is 5.75 Å². The van der Waals surface area contributed by atoms with E-state index in [4.69, 9.17) is 0 Å². The third kappa shape index (κ3) is 2.37. The molecule has 0 aromatic heterocycles. The van der Waals surface area contributed by atoms with Gasteiger partial charge in [-0.05, 0) is 12.2 Å². The second kappa shape index (κ2) is 4.36. The molecule has 0 aliphatic carbocycles. The Balaban J connectivity index is 2.39. The number of halogens is 1. The summed E-state index contributed by atoms with van der Waals surface area (Å²) in [5.74, 6) is 2.50. The van der Waals surface area contributed by atoms with Gasteiger partial charge in [0.25, 0.3) is 0 Å². The minimum Gasteiger partial charge on any atom is -0.341 e. The molecule has 1 aliphatic heterocycles. The molecule has 1 amide bonds. The second-order valence-electron chi connectivity index (χ2n) is 2.66. The highest BCUT2D eigenvalue weighted by Crippen LogP contribution is 2.21. The number of amides is 1. The van der Waals surface area contributed by atoms with Gasteiger partial charge >= 0.3 is 0 Å². The summed E-state index contributed by atoms with van der Waals surface area (Å²) in [5.41, 5.74) is 0. The quantitative estimate of drug-likeness (QED) is 0.677. The fourth-order valence-corrected chi connectivity index (χ4v) is 2.79. The molecule has 1 rings (SSSR count). The fraction of sp³-hybridized carbons (Fsp3) is 0.857. The molecule has 1 unspecified atom stereocenters. The van der Waals surface area contributed by atoms with Crippen LogP contribution in [0, 0.1) is 0 Å². The van der Waals surface area contributed by atoms with Gasteiger partial charge in [0.15, 0.2) is 0 Å². The third-order valence-electron chi connectivity index (χ3n) is 1.96. The Labute approximate surface area is 79.8 Å². The summed E-state index contributed by atoms with van der Waals surface area (Å²) in [6.45, 7) is 0. The van der Waals surface area contributed by atoms with Gasteiger partial charge in [-0.15, -0.1) is 0 Å². The van der Waals surface area contributed by atoms with Crippen LogP contribution in [0.15, 0.2) is 0 Å². The summed E-state index contributed by atoms with van der Waals surface area (Å²) in [6, 6.07) is 0.477. The van der Waals surface area contributed by atoms with Crippen LogP contribution in [0.4, 0.5) is 0 Å². The Hall–Kier alpha value is 0.300. The predicted octanol–water partition coefficient (Wildman–Crippen LogP) is 1.35. The molecule has 0 bridgehead atoms. The van der Waals surface area contributed by atoms with E-state index < -0.39 is 0 Å². The number of hydrogen-bond acceptors (Lipinski definition) is 2. The van der Waals surface area contributed by atoms with Crippen LogP contribution in [0.2, 0.25) is 0 Å². The van der Waals surface area contributed by atoms with Gasteiger partial charge in [-0.3, -0.25) is 4.79 Å². The highest BCUT2D eigenvalue weighted by molar-refractivity contribution is 9.09. The minimum absolute atomic E-state index is 0.192. The van der Waals surface area contributed by atoms with Crippen molar-refractivity contribution in [1.29, 1.82) is 0 Å². The van der Waals surface area contributed by atoms with E-state index in [9.17, 15) is 4.79 Å². The Morgan fingerprint density at radius 2 is 2.55 bits per heavy atom. The van der Waals surface area contributed by atoms with E-state index in [-0.39, 0.29) is 5.91 Å². The van der Waals surface area contributed by atoms with Gasteiger partial charge in [-0.25, -0.2) is 0 Å². The van der Waals surface area contributed by atoms with Crippen molar-refractivity contribution >= 4 is 33.6 Å². The topological polar surface area (TPSA) is 20.3 Å². The highest BCUT2D eigenvalue weighted by Gasteiger charge is 2.22. The zero-order chi connectivity index (χ0) is 8.27. The van der Waals surface area contributed by atoms with Crippen molar-refractivity contribution in [3.05, 3.63) is 0 Å². The first-order valence-electron chi connectivity index (χ1n) is 3.65. The van der Waals surface area contributed by atoms with Crippen molar-refractivity contribution < 1.29 is 4.79 Å². The maximum Gasteiger partial charge on any atom is 0.233 e. The van der Waals surface area contributed by atoms with Crippen LogP contribution in [0.5, 0.6) is 0 Å². The molecule has 2 nitrogen and oxygen atoms in total. The van der Waals surface area contributed by atoms with E-state index in [0.717, 1.165) is 12.2 Å². The molecule has 1 fully saturated rings. The summed E-state index contributed by atoms with van der Waals surface area (Å²) >= 11 is 5.09. The molecule has 0 N–H and O–H groups in total. The van der Waals surface area contributed by atoms with Gasteiger partial charge in [0.2, 0.25) is 5.91 Å². The number of carbonyl (C=O) groups is 1. The Bertz CT molecular complexity index is 147. The number of alkyl halides is 1. The van der Waals surface area contributed by atoms with Gasteiger partial charge < -0.3 is 4.90 Å². The minimum atomic E-state index is 0.192. The Kier molecular flexibility index (Phi) is 3.72. The number of rotatable bonds is 2. The maximum atomic E-state index is 11.2. The van der Waals surface area contributed by atoms with Gasteiger partial charge in [0.1, 0.15) is 0 Å². The largest absolute Gasteiger partial charge is 0.341 e. The maximum absolute atomic E-state index is 11.2.